The standard InChI is InChI=1S/C18H19N5O/c1-12-8-9-13(2)16(10-12)14(3)20-18(24)15-6-4-5-7-17(15)23-11-19-21-22-23/h4-11,14H,1-3H3,(H,20,24)/t14-/m1/s1. The Balaban J connectivity index is 1.87. The second-order valence-electron chi connectivity index (χ2n) is 5.83. The van der Waals surface area contributed by atoms with E-state index in [4.69, 9.17) is 0 Å². The van der Waals surface area contributed by atoms with Crippen molar-refractivity contribution in [1.82, 2.24) is 25.5 Å². The zero-order chi connectivity index (χ0) is 17.1. The van der Waals surface area contributed by atoms with E-state index in [1.807, 2.05) is 39.0 Å². The van der Waals surface area contributed by atoms with Gasteiger partial charge in [-0.15, -0.1) is 5.10 Å². The van der Waals surface area contributed by atoms with E-state index in [-0.39, 0.29) is 11.9 Å². The van der Waals surface area contributed by atoms with E-state index in [1.165, 1.54) is 16.6 Å². The normalized spacial score (nSPS) is 12.0. The molecule has 0 spiro atoms. The highest BCUT2D eigenvalue weighted by Gasteiger charge is 2.17. The van der Waals surface area contributed by atoms with Crippen molar-refractivity contribution in [3.05, 3.63) is 71.0 Å². The summed E-state index contributed by atoms with van der Waals surface area (Å²) in [6, 6.07) is 13.4. The smallest absolute Gasteiger partial charge is 0.253 e. The van der Waals surface area contributed by atoms with E-state index in [9.17, 15) is 4.79 Å². The van der Waals surface area contributed by atoms with Gasteiger partial charge >= 0.3 is 0 Å². The molecule has 1 atom stereocenters. The first kappa shape index (κ1) is 15.9. The van der Waals surface area contributed by atoms with Crippen LogP contribution in [0.4, 0.5) is 0 Å². The average molecular weight is 321 g/mol. The van der Waals surface area contributed by atoms with Gasteiger partial charge in [0, 0.05) is 0 Å². The lowest BCUT2D eigenvalue weighted by Crippen LogP contribution is -2.28. The summed E-state index contributed by atoms with van der Waals surface area (Å²) in [6.07, 6.45) is 1.47. The van der Waals surface area contributed by atoms with Crippen LogP contribution in [0.1, 0.15) is 40.0 Å². The van der Waals surface area contributed by atoms with Gasteiger partial charge in [-0.25, -0.2) is 0 Å². The van der Waals surface area contributed by atoms with Crippen molar-refractivity contribution in [1.29, 1.82) is 0 Å². The lowest BCUT2D eigenvalue weighted by molar-refractivity contribution is 0.0939. The molecule has 24 heavy (non-hydrogen) atoms. The van der Waals surface area contributed by atoms with Crippen LogP contribution >= 0.6 is 0 Å². The number of carbonyl (C=O) groups excluding carboxylic acids is 1. The van der Waals surface area contributed by atoms with E-state index in [2.05, 4.69) is 39.0 Å². The summed E-state index contributed by atoms with van der Waals surface area (Å²) < 4.78 is 1.48. The summed E-state index contributed by atoms with van der Waals surface area (Å²) in [4.78, 5) is 12.7. The molecule has 122 valence electrons. The molecule has 0 unspecified atom stereocenters. The Hall–Kier alpha value is -3.02. The van der Waals surface area contributed by atoms with E-state index in [0.717, 1.165) is 11.1 Å². The Morgan fingerprint density at radius 1 is 1.17 bits per heavy atom. The van der Waals surface area contributed by atoms with Crippen LogP contribution in [0.3, 0.4) is 0 Å². The highest BCUT2D eigenvalue weighted by Crippen LogP contribution is 2.20. The van der Waals surface area contributed by atoms with Crippen LogP contribution in [0.25, 0.3) is 5.69 Å². The van der Waals surface area contributed by atoms with Crippen LogP contribution in [0.2, 0.25) is 0 Å². The van der Waals surface area contributed by atoms with Crippen LogP contribution in [0.15, 0.2) is 48.8 Å². The number of aromatic nitrogens is 4. The third kappa shape index (κ3) is 3.17. The summed E-state index contributed by atoms with van der Waals surface area (Å²) >= 11 is 0. The fraction of sp³-hybridized carbons (Fsp3) is 0.222. The van der Waals surface area contributed by atoms with Crippen LogP contribution in [0.5, 0.6) is 0 Å². The van der Waals surface area contributed by atoms with Crippen molar-refractivity contribution in [2.75, 3.05) is 0 Å². The molecule has 2 aromatic carbocycles. The van der Waals surface area contributed by atoms with Gasteiger partial charge in [0.1, 0.15) is 6.33 Å². The topological polar surface area (TPSA) is 72.7 Å². The Morgan fingerprint density at radius 3 is 2.71 bits per heavy atom. The maximum absolute atomic E-state index is 12.7. The maximum atomic E-state index is 12.7. The largest absolute Gasteiger partial charge is 0.345 e. The number of carbonyl (C=O) groups is 1. The first-order valence-electron chi connectivity index (χ1n) is 7.76. The predicted molar refractivity (Wildman–Crippen MR) is 91.0 cm³/mol. The van der Waals surface area contributed by atoms with Crippen molar-refractivity contribution in [3.8, 4) is 5.69 Å². The fourth-order valence-corrected chi connectivity index (χ4v) is 2.72. The van der Waals surface area contributed by atoms with E-state index < -0.39 is 0 Å². The summed E-state index contributed by atoms with van der Waals surface area (Å²) in [5.74, 6) is -0.158. The molecule has 0 saturated heterocycles. The van der Waals surface area contributed by atoms with Gasteiger partial charge in [-0.05, 0) is 54.5 Å². The Labute approximate surface area is 140 Å². The summed E-state index contributed by atoms with van der Waals surface area (Å²) in [6.45, 7) is 6.08. The molecule has 1 aromatic heterocycles. The molecule has 1 heterocycles. The van der Waals surface area contributed by atoms with E-state index in [0.29, 0.717) is 11.3 Å². The minimum atomic E-state index is -0.158. The molecule has 0 aliphatic rings. The number of amides is 1. The first-order chi connectivity index (χ1) is 11.6. The SMILES string of the molecule is Cc1ccc(C)c([C@@H](C)NC(=O)c2ccccc2-n2cnnn2)c1. The third-order valence-electron chi connectivity index (χ3n) is 3.99. The van der Waals surface area contributed by atoms with Gasteiger partial charge in [0.15, 0.2) is 0 Å². The number of para-hydroxylation sites is 1. The number of aryl methyl sites for hydroxylation is 2. The van der Waals surface area contributed by atoms with Crippen molar-refractivity contribution >= 4 is 5.91 Å². The molecule has 0 bridgehead atoms. The summed E-state index contributed by atoms with van der Waals surface area (Å²) in [5.41, 5.74) is 4.62. The van der Waals surface area contributed by atoms with Gasteiger partial charge in [-0.3, -0.25) is 4.79 Å². The molecule has 0 saturated carbocycles. The van der Waals surface area contributed by atoms with Gasteiger partial charge in [0.25, 0.3) is 5.91 Å². The lowest BCUT2D eigenvalue weighted by Gasteiger charge is -2.18. The maximum Gasteiger partial charge on any atom is 0.253 e. The Morgan fingerprint density at radius 2 is 1.96 bits per heavy atom. The van der Waals surface area contributed by atoms with Crippen molar-refractivity contribution in [2.24, 2.45) is 0 Å². The molecular formula is C18H19N5O. The lowest BCUT2D eigenvalue weighted by atomic mass is 9.99. The number of tetrazole rings is 1. The van der Waals surface area contributed by atoms with Crippen molar-refractivity contribution < 1.29 is 4.79 Å². The molecular weight excluding hydrogens is 302 g/mol. The second-order valence-corrected chi connectivity index (χ2v) is 5.83. The zero-order valence-electron chi connectivity index (χ0n) is 13.9. The molecule has 6 nitrogen and oxygen atoms in total. The van der Waals surface area contributed by atoms with Crippen LogP contribution in [-0.4, -0.2) is 26.1 Å². The molecule has 6 heteroatoms. The minimum Gasteiger partial charge on any atom is -0.345 e. The van der Waals surface area contributed by atoms with Gasteiger partial charge in [0.2, 0.25) is 0 Å². The van der Waals surface area contributed by atoms with Gasteiger partial charge in [-0.1, -0.05) is 35.9 Å². The third-order valence-corrected chi connectivity index (χ3v) is 3.99. The number of hydrogen-bond acceptors (Lipinski definition) is 4. The Bertz CT molecular complexity index is 858. The number of nitrogens with zero attached hydrogens (tertiary/aromatic N) is 4. The first-order valence-corrected chi connectivity index (χ1v) is 7.76. The van der Waals surface area contributed by atoms with Gasteiger partial charge < -0.3 is 5.32 Å². The average Bonchev–Trinajstić information content (AvgIpc) is 3.11. The fourth-order valence-electron chi connectivity index (χ4n) is 2.72. The van der Waals surface area contributed by atoms with Crippen molar-refractivity contribution in [2.45, 2.75) is 26.8 Å². The number of benzene rings is 2. The monoisotopic (exact) mass is 321 g/mol. The van der Waals surface area contributed by atoms with E-state index >= 15 is 0 Å². The number of hydrogen-bond donors (Lipinski definition) is 1. The van der Waals surface area contributed by atoms with E-state index in [1.54, 1.807) is 6.07 Å². The quantitative estimate of drug-likeness (QED) is 0.802. The summed E-state index contributed by atoms with van der Waals surface area (Å²) in [5, 5.41) is 14.2. The molecule has 3 rings (SSSR count). The molecule has 0 radical (unpaired) electrons. The minimum absolute atomic E-state index is 0.0978. The number of nitrogens with one attached hydrogen (secondary N) is 1. The second kappa shape index (κ2) is 6.62. The molecule has 1 N–H and O–H groups in total. The molecule has 0 fully saturated rings. The predicted octanol–water partition coefficient (Wildman–Crippen LogP) is 2.77. The zero-order valence-corrected chi connectivity index (χ0v) is 13.9. The van der Waals surface area contributed by atoms with Crippen LogP contribution in [-0.2, 0) is 0 Å². The molecule has 1 amide bonds. The number of rotatable bonds is 4. The summed E-state index contributed by atoms with van der Waals surface area (Å²) in [7, 11) is 0. The molecule has 0 aliphatic carbocycles. The molecule has 3 aromatic rings. The highest BCUT2D eigenvalue weighted by atomic mass is 16.1. The van der Waals surface area contributed by atoms with Crippen LogP contribution < -0.4 is 5.32 Å². The van der Waals surface area contributed by atoms with Crippen LogP contribution in [0, 0.1) is 13.8 Å². The molecule has 0 aliphatic heterocycles. The van der Waals surface area contributed by atoms with Gasteiger partial charge in [0.05, 0.1) is 17.3 Å². The highest BCUT2D eigenvalue weighted by molar-refractivity contribution is 5.97. The van der Waals surface area contributed by atoms with Crippen molar-refractivity contribution in [3.63, 3.8) is 0 Å². The Kier molecular flexibility index (Phi) is 4.37. The van der Waals surface area contributed by atoms with Gasteiger partial charge in [-0.2, -0.15) is 4.68 Å².